The summed E-state index contributed by atoms with van der Waals surface area (Å²) in [5.74, 6) is 0.149. The zero-order valence-corrected chi connectivity index (χ0v) is 11.3. The lowest BCUT2D eigenvalue weighted by molar-refractivity contribution is -0.128. The standard InChI is InChI=1S/C13H20N2OS/c1-3-13(6-4-7-14-13)12(16)15-10(2)11-5-8-17-9-11/h5,8-10,14H,3-4,6-7H2,1-2H3,(H,15,16). The van der Waals surface area contributed by atoms with Crippen molar-refractivity contribution >= 4 is 17.2 Å². The Morgan fingerprint density at radius 1 is 1.71 bits per heavy atom. The minimum atomic E-state index is -0.329. The average Bonchev–Trinajstić information content (AvgIpc) is 3.01. The van der Waals surface area contributed by atoms with Crippen molar-refractivity contribution in [2.45, 2.75) is 44.7 Å². The number of carbonyl (C=O) groups is 1. The first-order valence-electron chi connectivity index (χ1n) is 6.26. The molecular weight excluding hydrogens is 232 g/mol. The summed E-state index contributed by atoms with van der Waals surface area (Å²) in [6.07, 6.45) is 2.90. The molecule has 0 aliphatic carbocycles. The average molecular weight is 252 g/mol. The summed E-state index contributed by atoms with van der Waals surface area (Å²) in [5, 5.41) is 10.6. The number of amides is 1. The van der Waals surface area contributed by atoms with Gasteiger partial charge in [-0.25, -0.2) is 0 Å². The van der Waals surface area contributed by atoms with Crippen LogP contribution in [0.25, 0.3) is 0 Å². The van der Waals surface area contributed by atoms with Crippen molar-refractivity contribution in [3.05, 3.63) is 22.4 Å². The largest absolute Gasteiger partial charge is 0.348 e. The Hall–Kier alpha value is -0.870. The first kappa shape index (κ1) is 12.6. The third-order valence-corrected chi connectivity index (χ3v) is 4.37. The minimum Gasteiger partial charge on any atom is -0.348 e. The number of carbonyl (C=O) groups excluding carboxylic acids is 1. The summed E-state index contributed by atoms with van der Waals surface area (Å²) < 4.78 is 0. The number of rotatable bonds is 4. The molecule has 1 aliphatic rings. The lowest BCUT2D eigenvalue weighted by Crippen LogP contribution is -2.53. The molecule has 17 heavy (non-hydrogen) atoms. The van der Waals surface area contributed by atoms with Crippen LogP contribution in [0.1, 0.15) is 44.7 Å². The fourth-order valence-electron chi connectivity index (χ4n) is 2.40. The molecule has 2 heterocycles. The zero-order chi connectivity index (χ0) is 12.3. The highest BCUT2D eigenvalue weighted by molar-refractivity contribution is 7.07. The Labute approximate surface area is 107 Å². The van der Waals surface area contributed by atoms with Gasteiger partial charge in [0, 0.05) is 0 Å². The van der Waals surface area contributed by atoms with Crippen LogP contribution in [0.2, 0.25) is 0 Å². The molecule has 2 rings (SSSR count). The number of thiophene rings is 1. The molecule has 3 nitrogen and oxygen atoms in total. The van der Waals surface area contributed by atoms with Crippen molar-refractivity contribution in [2.24, 2.45) is 0 Å². The molecule has 2 unspecified atom stereocenters. The van der Waals surface area contributed by atoms with E-state index < -0.39 is 0 Å². The summed E-state index contributed by atoms with van der Waals surface area (Å²) in [4.78, 5) is 12.3. The lowest BCUT2D eigenvalue weighted by Gasteiger charge is -2.28. The maximum Gasteiger partial charge on any atom is 0.240 e. The molecule has 1 saturated heterocycles. The molecule has 1 aliphatic heterocycles. The molecular formula is C13H20N2OS. The van der Waals surface area contributed by atoms with Crippen LogP contribution < -0.4 is 10.6 Å². The molecule has 1 aromatic rings. The predicted octanol–water partition coefficient (Wildman–Crippen LogP) is 2.46. The highest BCUT2D eigenvalue weighted by Crippen LogP contribution is 2.25. The number of hydrogen-bond donors (Lipinski definition) is 2. The Morgan fingerprint density at radius 2 is 2.53 bits per heavy atom. The molecule has 2 atom stereocenters. The normalized spacial score (nSPS) is 25.8. The van der Waals surface area contributed by atoms with Crippen molar-refractivity contribution < 1.29 is 4.79 Å². The van der Waals surface area contributed by atoms with Gasteiger partial charge in [-0.15, -0.1) is 0 Å². The molecule has 1 amide bonds. The van der Waals surface area contributed by atoms with Gasteiger partial charge in [0.1, 0.15) is 0 Å². The van der Waals surface area contributed by atoms with E-state index in [-0.39, 0.29) is 17.5 Å². The van der Waals surface area contributed by atoms with Crippen LogP contribution >= 0.6 is 11.3 Å². The van der Waals surface area contributed by atoms with Gasteiger partial charge in [0.15, 0.2) is 0 Å². The Balaban J connectivity index is 2.01. The SMILES string of the molecule is CCC1(C(=O)NC(C)c2ccsc2)CCCN1. The molecule has 2 N–H and O–H groups in total. The second-order valence-electron chi connectivity index (χ2n) is 4.72. The zero-order valence-electron chi connectivity index (χ0n) is 10.5. The van der Waals surface area contributed by atoms with E-state index in [4.69, 9.17) is 0 Å². The molecule has 0 radical (unpaired) electrons. The van der Waals surface area contributed by atoms with Gasteiger partial charge < -0.3 is 10.6 Å². The summed E-state index contributed by atoms with van der Waals surface area (Å²) in [7, 11) is 0. The van der Waals surface area contributed by atoms with E-state index in [2.05, 4.69) is 29.0 Å². The molecule has 94 valence electrons. The van der Waals surface area contributed by atoms with Crippen LogP contribution in [0.4, 0.5) is 0 Å². The second-order valence-corrected chi connectivity index (χ2v) is 5.50. The van der Waals surface area contributed by atoms with E-state index in [1.54, 1.807) is 11.3 Å². The van der Waals surface area contributed by atoms with E-state index in [9.17, 15) is 4.79 Å². The van der Waals surface area contributed by atoms with Gasteiger partial charge in [-0.1, -0.05) is 6.92 Å². The summed E-state index contributed by atoms with van der Waals surface area (Å²) in [5.41, 5.74) is 0.859. The maximum atomic E-state index is 12.3. The molecule has 0 bridgehead atoms. The van der Waals surface area contributed by atoms with Crippen molar-refractivity contribution in [2.75, 3.05) is 6.54 Å². The van der Waals surface area contributed by atoms with Gasteiger partial charge >= 0.3 is 0 Å². The van der Waals surface area contributed by atoms with Gasteiger partial charge in [0.25, 0.3) is 0 Å². The smallest absolute Gasteiger partial charge is 0.240 e. The van der Waals surface area contributed by atoms with E-state index in [1.807, 2.05) is 12.3 Å². The van der Waals surface area contributed by atoms with E-state index >= 15 is 0 Å². The quantitative estimate of drug-likeness (QED) is 0.864. The van der Waals surface area contributed by atoms with Crippen molar-refractivity contribution in [1.82, 2.24) is 10.6 Å². The Bertz CT molecular complexity index is 369. The van der Waals surface area contributed by atoms with Crippen LogP contribution in [0, 0.1) is 0 Å². The van der Waals surface area contributed by atoms with Crippen LogP contribution in [0.5, 0.6) is 0 Å². The fraction of sp³-hybridized carbons (Fsp3) is 0.615. The lowest BCUT2D eigenvalue weighted by atomic mass is 9.92. The van der Waals surface area contributed by atoms with Crippen LogP contribution in [0.3, 0.4) is 0 Å². The van der Waals surface area contributed by atoms with Gasteiger partial charge in [0.05, 0.1) is 11.6 Å². The van der Waals surface area contributed by atoms with E-state index in [0.29, 0.717) is 0 Å². The third kappa shape index (κ3) is 2.53. The van der Waals surface area contributed by atoms with Crippen molar-refractivity contribution in [3.8, 4) is 0 Å². The van der Waals surface area contributed by atoms with Crippen molar-refractivity contribution in [1.29, 1.82) is 0 Å². The van der Waals surface area contributed by atoms with Crippen LogP contribution in [-0.2, 0) is 4.79 Å². The Morgan fingerprint density at radius 3 is 3.06 bits per heavy atom. The fourth-order valence-corrected chi connectivity index (χ4v) is 3.16. The van der Waals surface area contributed by atoms with Gasteiger partial charge in [-0.2, -0.15) is 11.3 Å². The van der Waals surface area contributed by atoms with Crippen LogP contribution in [-0.4, -0.2) is 18.0 Å². The highest BCUT2D eigenvalue weighted by atomic mass is 32.1. The second kappa shape index (κ2) is 5.19. The van der Waals surface area contributed by atoms with E-state index in [0.717, 1.165) is 25.8 Å². The van der Waals surface area contributed by atoms with Crippen molar-refractivity contribution in [3.63, 3.8) is 0 Å². The summed E-state index contributed by atoms with van der Waals surface area (Å²) >= 11 is 1.67. The molecule has 0 spiro atoms. The van der Waals surface area contributed by atoms with E-state index in [1.165, 1.54) is 5.56 Å². The third-order valence-electron chi connectivity index (χ3n) is 3.67. The minimum absolute atomic E-state index is 0.0968. The van der Waals surface area contributed by atoms with Gasteiger partial charge in [0.2, 0.25) is 5.91 Å². The number of hydrogen-bond acceptors (Lipinski definition) is 3. The first-order valence-corrected chi connectivity index (χ1v) is 7.20. The van der Waals surface area contributed by atoms with Crippen LogP contribution in [0.15, 0.2) is 16.8 Å². The van der Waals surface area contributed by atoms with Gasteiger partial charge in [-0.3, -0.25) is 4.79 Å². The topological polar surface area (TPSA) is 41.1 Å². The maximum absolute atomic E-state index is 12.3. The molecule has 0 saturated carbocycles. The first-order chi connectivity index (χ1) is 8.18. The summed E-state index contributed by atoms with van der Waals surface area (Å²) in [6, 6.07) is 2.16. The number of nitrogens with one attached hydrogen (secondary N) is 2. The molecule has 1 fully saturated rings. The Kier molecular flexibility index (Phi) is 3.84. The highest BCUT2D eigenvalue weighted by Gasteiger charge is 2.39. The van der Waals surface area contributed by atoms with Gasteiger partial charge in [-0.05, 0) is 55.1 Å². The predicted molar refractivity (Wildman–Crippen MR) is 71.1 cm³/mol. The molecule has 4 heteroatoms. The summed E-state index contributed by atoms with van der Waals surface area (Å²) in [6.45, 7) is 5.07. The molecule has 1 aromatic heterocycles. The monoisotopic (exact) mass is 252 g/mol. The molecule has 0 aromatic carbocycles.